The number of oxime groups is 1. The fourth-order valence-corrected chi connectivity index (χ4v) is 2.42. The molecule has 0 saturated heterocycles. The Labute approximate surface area is 246 Å². The molecule has 2 aromatic carbocycles. The van der Waals surface area contributed by atoms with E-state index in [4.69, 9.17) is 14.0 Å². The van der Waals surface area contributed by atoms with Crippen LogP contribution in [0.1, 0.15) is 87.8 Å². The topological polar surface area (TPSA) is 66.1 Å². The van der Waals surface area contributed by atoms with Crippen molar-refractivity contribution in [3.05, 3.63) is 91.3 Å². The van der Waals surface area contributed by atoms with E-state index >= 15 is 0 Å². The molecule has 0 unspecified atom stereocenters. The van der Waals surface area contributed by atoms with Crippen molar-refractivity contribution < 1.29 is 18.8 Å². The molecule has 1 heterocycles. The van der Waals surface area contributed by atoms with Gasteiger partial charge in [-0.3, -0.25) is 0 Å². The van der Waals surface area contributed by atoms with Crippen LogP contribution in [-0.2, 0) is 11.3 Å². The zero-order chi connectivity index (χ0) is 31.3. The predicted octanol–water partition coefficient (Wildman–Crippen LogP) is 10.5. The van der Waals surface area contributed by atoms with Crippen LogP contribution in [0.2, 0.25) is 0 Å². The number of benzene rings is 2. The summed E-state index contributed by atoms with van der Waals surface area (Å²) in [6.45, 7) is 24.9. The van der Waals surface area contributed by atoms with Crippen molar-refractivity contribution in [2.75, 3.05) is 20.3 Å². The summed E-state index contributed by atoms with van der Waals surface area (Å²) < 4.78 is 15.8. The highest BCUT2D eigenvalue weighted by atomic mass is 16.6. The minimum atomic E-state index is 0.568. The van der Waals surface area contributed by atoms with E-state index in [2.05, 4.69) is 21.7 Å². The van der Waals surface area contributed by atoms with Crippen molar-refractivity contribution in [3.63, 3.8) is 0 Å². The molecule has 1 aromatic heterocycles. The molecule has 40 heavy (non-hydrogen) atoms. The maximum absolute atomic E-state index is 5.55. The van der Waals surface area contributed by atoms with E-state index in [9.17, 15) is 0 Å². The molecular weight excluding hydrogens is 500 g/mol. The van der Waals surface area contributed by atoms with E-state index in [0.29, 0.717) is 19.6 Å². The van der Waals surface area contributed by atoms with Gasteiger partial charge in [0.2, 0.25) is 0 Å². The molecule has 0 aliphatic rings. The monoisotopic (exact) mass is 558 g/mol. The molecule has 0 spiro atoms. The maximum Gasteiger partial charge on any atom is 0.124 e. The maximum atomic E-state index is 5.55. The van der Waals surface area contributed by atoms with Crippen molar-refractivity contribution in [2.45, 2.75) is 88.5 Å². The first-order chi connectivity index (χ1) is 19.8. The first kappa shape index (κ1) is 43.5. The normalized spacial score (nSPS) is 8.62. The summed E-state index contributed by atoms with van der Waals surface area (Å²) in [6.07, 6.45) is 5.78. The van der Waals surface area contributed by atoms with Crippen LogP contribution < -0.4 is 9.47 Å². The largest absolute Gasteiger partial charge is 0.494 e. The SMILES string of the molecule is C=C/C(CCOc1ccccc1)=N\OC.CC.CC.CC.CC.CC.c1ccc(OCCCc2ccon2)cc1. The first-order valence-electron chi connectivity index (χ1n) is 14.8. The molecule has 6 heteroatoms. The summed E-state index contributed by atoms with van der Waals surface area (Å²) in [5, 5.41) is 7.62. The van der Waals surface area contributed by atoms with Gasteiger partial charge in [-0.25, -0.2) is 0 Å². The highest BCUT2D eigenvalue weighted by molar-refractivity contribution is 5.94. The van der Waals surface area contributed by atoms with E-state index in [0.717, 1.165) is 35.7 Å². The number of rotatable bonds is 11. The molecule has 6 nitrogen and oxygen atoms in total. The number of aromatic nitrogens is 1. The third-order valence-electron chi connectivity index (χ3n) is 3.89. The quantitative estimate of drug-likeness (QED) is 0.133. The number of hydrogen-bond donors (Lipinski definition) is 0. The van der Waals surface area contributed by atoms with Crippen molar-refractivity contribution in [3.8, 4) is 11.5 Å². The summed E-state index contributed by atoms with van der Waals surface area (Å²) >= 11 is 0. The first-order valence-corrected chi connectivity index (χ1v) is 14.8. The Hall–Kier alpha value is -3.54. The van der Waals surface area contributed by atoms with Gasteiger partial charge in [0.1, 0.15) is 24.9 Å². The van der Waals surface area contributed by atoms with Gasteiger partial charge in [0.05, 0.1) is 24.6 Å². The van der Waals surface area contributed by atoms with Crippen molar-refractivity contribution in [1.29, 1.82) is 0 Å². The van der Waals surface area contributed by atoms with Crippen LogP contribution in [0, 0.1) is 0 Å². The number of para-hydroxylation sites is 2. The molecule has 3 aromatic rings. The van der Waals surface area contributed by atoms with E-state index < -0.39 is 0 Å². The Bertz CT molecular complexity index is 837. The van der Waals surface area contributed by atoms with Crippen LogP contribution in [0.15, 0.2) is 95.3 Å². The summed E-state index contributed by atoms with van der Waals surface area (Å²) in [7, 11) is 1.52. The third kappa shape index (κ3) is 27.5. The molecule has 0 N–H and O–H groups in total. The second-order valence-electron chi connectivity index (χ2n) is 6.14. The van der Waals surface area contributed by atoms with E-state index in [1.54, 1.807) is 12.3 Å². The Morgan fingerprint density at radius 3 is 1.62 bits per heavy atom. The molecule has 0 amide bonds. The molecular formula is C34H58N2O4. The fourth-order valence-electron chi connectivity index (χ4n) is 2.42. The second kappa shape index (κ2) is 40.0. The van der Waals surface area contributed by atoms with Crippen molar-refractivity contribution in [2.24, 2.45) is 5.16 Å². The molecule has 0 aliphatic heterocycles. The van der Waals surface area contributed by atoms with Gasteiger partial charge in [-0.1, -0.05) is 123 Å². The zero-order valence-corrected chi connectivity index (χ0v) is 27.3. The lowest BCUT2D eigenvalue weighted by atomic mass is 10.2. The zero-order valence-electron chi connectivity index (χ0n) is 27.3. The van der Waals surface area contributed by atoms with Gasteiger partial charge >= 0.3 is 0 Å². The van der Waals surface area contributed by atoms with Gasteiger partial charge in [-0.05, 0) is 43.2 Å². The molecule has 0 fully saturated rings. The molecule has 228 valence electrons. The Morgan fingerprint density at radius 2 is 1.23 bits per heavy atom. The molecule has 3 rings (SSSR count). The molecule has 0 saturated carbocycles. The van der Waals surface area contributed by atoms with E-state index in [-0.39, 0.29) is 0 Å². The second-order valence-corrected chi connectivity index (χ2v) is 6.14. The average Bonchev–Trinajstić information content (AvgIpc) is 3.59. The van der Waals surface area contributed by atoms with Gasteiger partial charge in [-0.2, -0.15) is 0 Å². The molecule has 0 aliphatic carbocycles. The van der Waals surface area contributed by atoms with Gasteiger partial charge in [-0.15, -0.1) is 0 Å². The standard InChI is InChI=1S/C12H13NO2.C12H15NO2.5C2H6/c1-2-6-12(7-3-1)14-9-4-5-11-8-10-15-13-11;1-3-11(13-14-2)9-10-15-12-7-5-4-6-8-12;5*1-2/h1-3,6-8,10H,4-5,9H2;3-8H,1,9-10H2,2H3;5*1-2H3/b;13-11+;;;;;. The number of allylic oxidation sites excluding steroid dienone is 1. The third-order valence-corrected chi connectivity index (χ3v) is 3.89. The smallest absolute Gasteiger partial charge is 0.124 e. The number of aryl methyl sites for hydroxylation is 1. The summed E-state index contributed by atoms with van der Waals surface area (Å²) in [5.41, 5.74) is 1.76. The number of nitrogens with zero attached hydrogens (tertiary/aromatic N) is 2. The summed E-state index contributed by atoms with van der Waals surface area (Å²) in [5.74, 6) is 1.77. The number of ether oxygens (including phenoxy) is 2. The van der Waals surface area contributed by atoms with Gasteiger partial charge in [0, 0.05) is 12.5 Å². The highest BCUT2D eigenvalue weighted by Crippen LogP contribution is 2.10. The Balaban J connectivity index is -0.000000247. The fraction of sp³-hybridized carbons (Fsp3) is 0.471. The number of hydrogen-bond acceptors (Lipinski definition) is 6. The van der Waals surface area contributed by atoms with Gasteiger partial charge in [0.15, 0.2) is 0 Å². The van der Waals surface area contributed by atoms with Crippen LogP contribution >= 0.6 is 0 Å². The molecule has 0 radical (unpaired) electrons. The van der Waals surface area contributed by atoms with Crippen LogP contribution in [0.25, 0.3) is 0 Å². The lowest BCUT2D eigenvalue weighted by Crippen LogP contribution is -2.04. The molecule has 0 atom stereocenters. The minimum Gasteiger partial charge on any atom is -0.494 e. The van der Waals surface area contributed by atoms with Crippen LogP contribution in [0.5, 0.6) is 11.5 Å². The Kier molecular flexibility index (Phi) is 43.5. The highest BCUT2D eigenvalue weighted by Gasteiger charge is 1.97. The average molecular weight is 559 g/mol. The van der Waals surface area contributed by atoms with Crippen LogP contribution in [0.4, 0.5) is 0 Å². The van der Waals surface area contributed by atoms with Crippen molar-refractivity contribution >= 4 is 5.71 Å². The lowest BCUT2D eigenvalue weighted by Gasteiger charge is -2.05. The van der Waals surface area contributed by atoms with Crippen LogP contribution in [-0.4, -0.2) is 31.2 Å². The predicted molar refractivity (Wildman–Crippen MR) is 175 cm³/mol. The molecule has 0 bridgehead atoms. The van der Waals surface area contributed by atoms with E-state index in [1.807, 2.05) is 136 Å². The van der Waals surface area contributed by atoms with E-state index in [1.165, 1.54) is 7.11 Å². The Morgan fingerprint density at radius 1 is 0.750 bits per heavy atom. The summed E-state index contributed by atoms with van der Waals surface area (Å²) in [4.78, 5) is 4.66. The van der Waals surface area contributed by atoms with Crippen LogP contribution in [0.3, 0.4) is 0 Å². The van der Waals surface area contributed by atoms with Gasteiger partial charge < -0.3 is 18.8 Å². The lowest BCUT2D eigenvalue weighted by molar-refractivity contribution is 0.212. The van der Waals surface area contributed by atoms with Crippen molar-refractivity contribution in [1.82, 2.24) is 5.16 Å². The summed E-state index contributed by atoms with van der Waals surface area (Å²) in [6, 6.07) is 21.4. The van der Waals surface area contributed by atoms with Gasteiger partial charge in [0.25, 0.3) is 0 Å². The minimum absolute atomic E-state index is 0.568.